The van der Waals surface area contributed by atoms with E-state index in [1.807, 2.05) is 6.07 Å². The lowest BCUT2D eigenvalue weighted by Crippen LogP contribution is -2.23. The van der Waals surface area contributed by atoms with Crippen molar-refractivity contribution in [3.05, 3.63) is 100 Å². The number of aliphatic imine (C=N–C) groups is 1. The summed E-state index contributed by atoms with van der Waals surface area (Å²) in [6.07, 6.45) is 1.69. The molecular weight excluding hydrogens is 443 g/mol. The summed E-state index contributed by atoms with van der Waals surface area (Å²) in [6.45, 7) is 0.0509. The van der Waals surface area contributed by atoms with E-state index in [0.29, 0.717) is 32.6 Å². The van der Waals surface area contributed by atoms with Gasteiger partial charge in [-0.3, -0.25) is 9.69 Å². The number of aromatic carboxylic acids is 1. The average molecular weight is 461 g/mol. The number of amides is 1. The highest BCUT2D eigenvalue weighted by atomic mass is 32.2. The third-order valence-corrected chi connectivity index (χ3v) is 5.92. The standard InChI is InChI=1S/C25H19FN2O4S/c1-28-23(29)22(33-25(28)27-19-10-6-9-17(13-19)24(30)31)14-16-7-3-5-12-21(16)32-15-18-8-2-4-11-20(18)26/h2-14H,15H2,1H3,(H,30,31)/p-1/b22-14-,27-25?. The summed E-state index contributed by atoms with van der Waals surface area (Å²) in [7, 11) is 1.60. The van der Waals surface area contributed by atoms with Gasteiger partial charge in [-0.1, -0.05) is 48.5 Å². The van der Waals surface area contributed by atoms with Crippen LogP contribution in [0.4, 0.5) is 10.1 Å². The summed E-state index contributed by atoms with van der Waals surface area (Å²) in [6, 6.07) is 19.6. The highest BCUT2D eigenvalue weighted by Crippen LogP contribution is 2.35. The number of carbonyl (C=O) groups is 2. The molecule has 166 valence electrons. The molecule has 1 fully saturated rings. The molecule has 0 saturated carbocycles. The van der Waals surface area contributed by atoms with Gasteiger partial charge in [0, 0.05) is 18.2 Å². The summed E-state index contributed by atoms with van der Waals surface area (Å²) in [4.78, 5) is 30.1. The van der Waals surface area contributed by atoms with E-state index in [0.717, 1.165) is 0 Å². The topological polar surface area (TPSA) is 82.0 Å². The van der Waals surface area contributed by atoms with Crippen molar-refractivity contribution >= 4 is 40.6 Å². The molecule has 0 aliphatic carbocycles. The van der Waals surface area contributed by atoms with Crippen LogP contribution in [0.25, 0.3) is 6.08 Å². The Hall–Kier alpha value is -3.91. The van der Waals surface area contributed by atoms with Gasteiger partial charge in [0.25, 0.3) is 5.91 Å². The Labute approximate surface area is 194 Å². The van der Waals surface area contributed by atoms with Crippen LogP contribution < -0.4 is 9.84 Å². The molecule has 4 rings (SSSR count). The number of para-hydroxylation sites is 1. The third-order valence-electron chi connectivity index (χ3n) is 4.86. The van der Waals surface area contributed by atoms with Crippen molar-refractivity contribution in [1.29, 1.82) is 0 Å². The van der Waals surface area contributed by atoms with Gasteiger partial charge in [0.2, 0.25) is 0 Å². The quantitative estimate of drug-likeness (QED) is 0.518. The molecule has 0 unspecified atom stereocenters. The highest BCUT2D eigenvalue weighted by Gasteiger charge is 2.30. The van der Waals surface area contributed by atoms with E-state index in [9.17, 15) is 19.1 Å². The molecule has 0 aromatic heterocycles. The monoisotopic (exact) mass is 461 g/mol. The molecule has 0 N–H and O–H groups in total. The molecule has 3 aromatic rings. The first-order valence-electron chi connectivity index (χ1n) is 9.95. The Morgan fingerprint density at radius 1 is 1.12 bits per heavy atom. The molecule has 8 heteroatoms. The van der Waals surface area contributed by atoms with Gasteiger partial charge in [-0.15, -0.1) is 0 Å². The zero-order chi connectivity index (χ0) is 23.4. The third kappa shape index (κ3) is 5.12. The summed E-state index contributed by atoms with van der Waals surface area (Å²) in [5.41, 5.74) is 1.50. The van der Waals surface area contributed by atoms with Gasteiger partial charge in [-0.05, 0) is 47.7 Å². The molecule has 1 amide bonds. The predicted molar refractivity (Wildman–Crippen MR) is 123 cm³/mol. The van der Waals surface area contributed by atoms with Crippen LogP contribution in [0.1, 0.15) is 21.5 Å². The SMILES string of the molecule is CN1C(=O)/C(=C/c2ccccc2OCc2ccccc2F)SC1=Nc1cccc(C(=O)[O-])c1. The van der Waals surface area contributed by atoms with Crippen molar-refractivity contribution in [1.82, 2.24) is 4.90 Å². The Morgan fingerprint density at radius 2 is 1.88 bits per heavy atom. The van der Waals surface area contributed by atoms with Gasteiger partial charge in [0.05, 0.1) is 16.6 Å². The maximum atomic E-state index is 13.9. The molecule has 3 aromatic carbocycles. The number of thioether (sulfide) groups is 1. The van der Waals surface area contributed by atoms with Crippen molar-refractivity contribution in [2.24, 2.45) is 4.99 Å². The smallest absolute Gasteiger partial charge is 0.266 e. The fourth-order valence-electron chi connectivity index (χ4n) is 3.11. The van der Waals surface area contributed by atoms with E-state index in [4.69, 9.17) is 4.74 Å². The number of halogens is 1. The number of carboxylic acid groups (broad SMARTS) is 1. The number of amidine groups is 1. The molecule has 1 saturated heterocycles. The lowest BCUT2D eigenvalue weighted by atomic mass is 10.1. The molecule has 0 bridgehead atoms. The van der Waals surface area contributed by atoms with E-state index in [-0.39, 0.29) is 23.9 Å². The second-order valence-corrected chi connectivity index (χ2v) is 8.13. The second kappa shape index (κ2) is 9.70. The molecule has 0 atom stereocenters. The van der Waals surface area contributed by atoms with Crippen LogP contribution in [0.3, 0.4) is 0 Å². The number of hydrogen-bond donors (Lipinski definition) is 0. The molecule has 1 aliphatic rings. The van der Waals surface area contributed by atoms with Crippen molar-refractivity contribution in [2.45, 2.75) is 6.61 Å². The number of nitrogens with zero attached hydrogens (tertiary/aromatic N) is 2. The van der Waals surface area contributed by atoms with Crippen LogP contribution in [0, 0.1) is 5.82 Å². The zero-order valence-electron chi connectivity index (χ0n) is 17.5. The summed E-state index contributed by atoms with van der Waals surface area (Å²) < 4.78 is 19.7. The number of carbonyl (C=O) groups excluding carboxylic acids is 2. The molecule has 0 radical (unpaired) electrons. The number of ether oxygens (including phenoxy) is 1. The summed E-state index contributed by atoms with van der Waals surface area (Å²) in [5, 5.41) is 11.5. The van der Waals surface area contributed by atoms with Crippen molar-refractivity contribution in [3.63, 3.8) is 0 Å². The van der Waals surface area contributed by atoms with E-state index in [2.05, 4.69) is 4.99 Å². The predicted octanol–water partition coefficient (Wildman–Crippen LogP) is 4.00. The first-order chi connectivity index (χ1) is 15.9. The first kappa shape index (κ1) is 22.3. The minimum Gasteiger partial charge on any atom is -0.545 e. The van der Waals surface area contributed by atoms with Crippen LogP contribution >= 0.6 is 11.8 Å². The number of benzene rings is 3. The van der Waals surface area contributed by atoms with Gasteiger partial charge < -0.3 is 14.6 Å². The molecule has 0 spiro atoms. The van der Waals surface area contributed by atoms with Crippen LogP contribution in [-0.2, 0) is 11.4 Å². The first-order valence-corrected chi connectivity index (χ1v) is 10.8. The molecule has 1 heterocycles. The number of likely N-dealkylation sites (N-methyl/N-ethyl adjacent to an activating group) is 1. The number of hydrogen-bond acceptors (Lipinski definition) is 6. The Kier molecular flexibility index (Phi) is 6.55. The summed E-state index contributed by atoms with van der Waals surface area (Å²) >= 11 is 1.17. The second-order valence-electron chi connectivity index (χ2n) is 7.12. The van der Waals surface area contributed by atoms with Gasteiger partial charge in [0.15, 0.2) is 5.17 Å². The lowest BCUT2D eigenvalue weighted by molar-refractivity contribution is -0.255. The fourth-order valence-corrected chi connectivity index (χ4v) is 4.09. The average Bonchev–Trinajstić information content (AvgIpc) is 3.07. The Bertz CT molecular complexity index is 1290. The largest absolute Gasteiger partial charge is 0.545 e. The molecular formula is C25H18FN2O4S-. The van der Waals surface area contributed by atoms with Crippen molar-refractivity contribution in [3.8, 4) is 5.75 Å². The minimum absolute atomic E-state index is 0.00511. The van der Waals surface area contributed by atoms with Gasteiger partial charge in [-0.25, -0.2) is 9.38 Å². The number of rotatable bonds is 6. The minimum atomic E-state index is -1.30. The van der Waals surface area contributed by atoms with E-state index in [1.165, 1.54) is 34.9 Å². The van der Waals surface area contributed by atoms with Crippen LogP contribution in [0.2, 0.25) is 0 Å². The normalized spacial score (nSPS) is 15.9. The van der Waals surface area contributed by atoms with Crippen molar-refractivity contribution in [2.75, 3.05) is 7.05 Å². The maximum absolute atomic E-state index is 13.9. The zero-order valence-corrected chi connectivity index (χ0v) is 18.3. The van der Waals surface area contributed by atoms with Gasteiger partial charge >= 0.3 is 0 Å². The van der Waals surface area contributed by atoms with E-state index in [1.54, 1.807) is 61.7 Å². The molecule has 6 nitrogen and oxygen atoms in total. The van der Waals surface area contributed by atoms with E-state index >= 15 is 0 Å². The lowest BCUT2D eigenvalue weighted by Gasteiger charge is -2.10. The van der Waals surface area contributed by atoms with Crippen molar-refractivity contribution < 1.29 is 23.8 Å². The Morgan fingerprint density at radius 3 is 2.67 bits per heavy atom. The van der Waals surface area contributed by atoms with E-state index < -0.39 is 5.97 Å². The highest BCUT2D eigenvalue weighted by molar-refractivity contribution is 8.18. The summed E-state index contributed by atoms with van der Waals surface area (Å²) in [5.74, 6) is -1.39. The maximum Gasteiger partial charge on any atom is 0.266 e. The van der Waals surface area contributed by atoms with Crippen LogP contribution in [0.5, 0.6) is 5.75 Å². The van der Waals surface area contributed by atoms with Gasteiger partial charge in [0.1, 0.15) is 18.2 Å². The van der Waals surface area contributed by atoms with Crippen LogP contribution in [0.15, 0.2) is 82.7 Å². The molecule has 33 heavy (non-hydrogen) atoms. The molecule has 1 aliphatic heterocycles. The van der Waals surface area contributed by atoms with Crippen LogP contribution in [-0.4, -0.2) is 29.0 Å². The fraction of sp³-hybridized carbons (Fsp3) is 0.0800. The Balaban J connectivity index is 1.57. The number of carboxylic acids is 1. The van der Waals surface area contributed by atoms with Gasteiger partial charge in [-0.2, -0.15) is 0 Å².